The molecule has 0 aromatic heterocycles. The number of ether oxygens (including phenoxy) is 1. The highest BCUT2D eigenvalue weighted by Crippen LogP contribution is 2.18. The zero-order valence-corrected chi connectivity index (χ0v) is 13.5. The monoisotopic (exact) mass is 344 g/mol. The number of alkyl halides is 3. The number of hydrogen-bond acceptors (Lipinski definition) is 4. The van der Waals surface area contributed by atoms with Crippen LogP contribution in [-0.4, -0.2) is 31.0 Å². The molecule has 0 aliphatic heterocycles. The van der Waals surface area contributed by atoms with E-state index in [9.17, 15) is 22.8 Å². The molecule has 8 heteroatoms. The summed E-state index contributed by atoms with van der Waals surface area (Å²) in [7, 11) is 1.49. The van der Waals surface area contributed by atoms with Gasteiger partial charge in [-0.15, -0.1) is 0 Å². The molecule has 0 fully saturated rings. The van der Waals surface area contributed by atoms with E-state index in [1.165, 1.54) is 7.11 Å². The van der Waals surface area contributed by atoms with Crippen LogP contribution in [0.15, 0.2) is 36.5 Å². The molecule has 2 N–H and O–H groups in total. The molecule has 0 spiro atoms. The predicted molar refractivity (Wildman–Crippen MR) is 83.6 cm³/mol. The lowest BCUT2D eigenvalue weighted by molar-refractivity contribution is -0.165. The second-order valence-corrected chi connectivity index (χ2v) is 5.30. The van der Waals surface area contributed by atoms with Gasteiger partial charge in [-0.2, -0.15) is 13.2 Å². The van der Waals surface area contributed by atoms with Gasteiger partial charge in [0, 0.05) is 24.0 Å². The summed E-state index contributed by atoms with van der Waals surface area (Å²) in [4.78, 5) is 23.1. The fourth-order valence-corrected chi connectivity index (χ4v) is 1.81. The molecule has 24 heavy (non-hydrogen) atoms. The van der Waals surface area contributed by atoms with Crippen molar-refractivity contribution >= 4 is 17.4 Å². The van der Waals surface area contributed by atoms with E-state index in [-0.39, 0.29) is 5.92 Å². The molecule has 0 saturated carbocycles. The normalized spacial score (nSPS) is 13.0. The van der Waals surface area contributed by atoms with Crippen molar-refractivity contribution in [3.05, 3.63) is 36.5 Å². The van der Waals surface area contributed by atoms with Gasteiger partial charge in [-0.25, -0.2) is 0 Å². The van der Waals surface area contributed by atoms with E-state index in [2.05, 4.69) is 10.6 Å². The summed E-state index contributed by atoms with van der Waals surface area (Å²) >= 11 is 0. The first-order valence-electron chi connectivity index (χ1n) is 7.14. The molecule has 0 aliphatic rings. The topological polar surface area (TPSA) is 67.4 Å². The number of benzene rings is 1. The van der Waals surface area contributed by atoms with Crippen molar-refractivity contribution in [2.45, 2.75) is 26.1 Å². The van der Waals surface area contributed by atoms with E-state index in [0.29, 0.717) is 17.5 Å². The van der Waals surface area contributed by atoms with Crippen LogP contribution in [-0.2, 0) is 9.59 Å². The number of anilines is 1. The summed E-state index contributed by atoms with van der Waals surface area (Å²) in [6.07, 6.45) is -3.74. The highest BCUT2D eigenvalue weighted by Gasteiger charge is 2.36. The third-order valence-electron chi connectivity index (χ3n) is 3.08. The molecule has 1 amide bonds. The van der Waals surface area contributed by atoms with E-state index >= 15 is 0 Å². The van der Waals surface area contributed by atoms with Crippen molar-refractivity contribution < 1.29 is 27.5 Å². The Morgan fingerprint density at radius 3 is 2.46 bits per heavy atom. The molecule has 0 saturated heterocycles. The molecule has 5 nitrogen and oxygen atoms in total. The van der Waals surface area contributed by atoms with E-state index < -0.39 is 23.9 Å². The zero-order valence-electron chi connectivity index (χ0n) is 13.5. The molecule has 1 rings (SSSR count). The second-order valence-electron chi connectivity index (χ2n) is 5.30. The molecule has 132 valence electrons. The van der Waals surface area contributed by atoms with Crippen LogP contribution in [0.2, 0.25) is 0 Å². The fraction of sp³-hybridized carbons (Fsp3) is 0.375. The predicted octanol–water partition coefficient (Wildman–Crippen LogP) is 2.89. The minimum absolute atomic E-state index is 0.221. The summed E-state index contributed by atoms with van der Waals surface area (Å²) in [6.45, 7) is 3.45. The van der Waals surface area contributed by atoms with Gasteiger partial charge >= 0.3 is 6.18 Å². The molecule has 0 radical (unpaired) electrons. The second kappa shape index (κ2) is 8.37. The van der Waals surface area contributed by atoms with Gasteiger partial charge in [-0.1, -0.05) is 19.9 Å². The standard InChI is InChI=1S/C16H19F3N2O3/c1-10(2)14(20-8-7-13(22)16(17,18)19)15(23)21-11-5-4-6-12(9-11)24-3/h4-10,14,20H,1-3H3,(H,21,23). The van der Waals surface area contributed by atoms with Crippen LogP contribution >= 0.6 is 0 Å². The van der Waals surface area contributed by atoms with Crippen LogP contribution in [0.3, 0.4) is 0 Å². The minimum atomic E-state index is -4.94. The number of amides is 1. The van der Waals surface area contributed by atoms with E-state index in [1.54, 1.807) is 38.1 Å². The Hall–Kier alpha value is -2.51. The molecule has 1 aromatic carbocycles. The van der Waals surface area contributed by atoms with Gasteiger partial charge in [-0.3, -0.25) is 9.59 Å². The van der Waals surface area contributed by atoms with Crippen LogP contribution in [0, 0.1) is 5.92 Å². The average molecular weight is 344 g/mol. The van der Waals surface area contributed by atoms with Crippen LogP contribution in [0.25, 0.3) is 0 Å². The lowest BCUT2D eigenvalue weighted by Gasteiger charge is -2.20. The Bertz CT molecular complexity index is 613. The third-order valence-corrected chi connectivity index (χ3v) is 3.08. The number of carbonyl (C=O) groups is 2. The number of carbonyl (C=O) groups excluding carboxylic acids is 2. The lowest BCUT2D eigenvalue weighted by Crippen LogP contribution is -2.42. The van der Waals surface area contributed by atoms with Crippen LogP contribution in [0.1, 0.15) is 13.8 Å². The largest absolute Gasteiger partial charge is 0.497 e. The first kappa shape index (κ1) is 19.5. The Kier molecular flexibility index (Phi) is 6.82. The smallest absolute Gasteiger partial charge is 0.454 e. The molecule has 1 atom stereocenters. The highest BCUT2D eigenvalue weighted by atomic mass is 19.4. The number of nitrogens with one attached hydrogen (secondary N) is 2. The molecule has 0 aliphatic carbocycles. The maximum absolute atomic E-state index is 12.3. The molecular weight excluding hydrogens is 325 g/mol. The summed E-state index contributed by atoms with van der Waals surface area (Å²) in [5.41, 5.74) is 0.488. The Morgan fingerprint density at radius 1 is 1.25 bits per heavy atom. The van der Waals surface area contributed by atoms with Gasteiger partial charge in [-0.05, 0) is 18.1 Å². The number of halogens is 3. The quantitative estimate of drug-likeness (QED) is 0.747. The summed E-state index contributed by atoms with van der Waals surface area (Å²) in [6, 6.07) is 5.85. The minimum Gasteiger partial charge on any atom is -0.497 e. The average Bonchev–Trinajstić information content (AvgIpc) is 2.49. The van der Waals surface area contributed by atoms with Crippen molar-refractivity contribution in [3.63, 3.8) is 0 Å². The Morgan fingerprint density at radius 2 is 1.92 bits per heavy atom. The van der Waals surface area contributed by atoms with Crippen molar-refractivity contribution in [1.82, 2.24) is 5.32 Å². The highest BCUT2D eigenvalue weighted by molar-refractivity contribution is 5.96. The van der Waals surface area contributed by atoms with Gasteiger partial charge in [0.2, 0.25) is 5.91 Å². The van der Waals surface area contributed by atoms with Crippen LogP contribution < -0.4 is 15.4 Å². The Labute approximate surface area is 137 Å². The van der Waals surface area contributed by atoms with Crippen molar-refractivity contribution in [1.29, 1.82) is 0 Å². The van der Waals surface area contributed by atoms with Crippen molar-refractivity contribution in [2.75, 3.05) is 12.4 Å². The SMILES string of the molecule is COc1cccc(NC(=O)C(NC=CC(=O)C(F)(F)F)C(C)C)c1. The van der Waals surface area contributed by atoms with Crippen molar-refractivity contribution in [2.24, 2.45) is 5.92 Å². The summed E-state index contributed by atoms with van der Waals surface area (Å²) < 4.78 is 41.4. The molecular formula is C16H19F3N2O3. The summed E-state index contributed by atoms with van der Waals surface area (Å²) in [5.74, 6) is -2.10. The number of rotatable bonds is 7. The van der Waals surface area contributed by atoms with Gasteiger partial charge in [0.05, 0.1) is 7.11 Å². The van der Waals surface area contributed by atoms with Crippen LogP contribution in [0.5, 0.6) is 5.75 Å². The molecule has 1 aromatic rings. The first-order valence-corrected chi connectivity index (χ1v) is 7.14. The fourth-order valence-electron chi connectivity index (χ4n) is 1.81. The maximum atomic E-state index is 12.3. The van der Waals surface area contributed by atoms with Gasteiger partial charge < -0.3 is 15.4 Å². The van der Waals surface area contributed by atoms with Gasteiger partial charge in [0.25, 0.3) is 5.78 Å². The maximum Gasteiger partial charge on any atom is 0.454 e. The zero-order chi connectivity index (χ0) is 18.3. The van der Waals surface area contributed by atoms with Gasteiger partial charge in [0.15, 0.2) is 0 Å². The molecule has 0 heterocycles. The van der Waals surface area contributed by atoms with Crippen molar-refractivity contribution in [3.8, 4) is 5.75 Å². The summed E-state index contributed by atoms with van der Waals surface area (Å²) in [5, 5.41) is 5.17. The number of allylic oxidation sites excluding steroid dienone is 1. The van der Waals surface area contributed by atoms with Crippen LogP contribution in [0.4, 0.5) is 18.9 Å². The molecule has 1 unspecified atom stereocenters. The van der Waals surface area contributed by atoms with E-state index in [0.717, 1.165) is 6.20 Å². The third kappa shape index (κ3) is 5.94. The number of ketones is 1. The number of methoxy groups -OCH3 is 1. The van der Waals surface area contributed by atoms with Gasteiger partial charge in [0.1, 0.15) is 11.8 Å². The first-order chi connectivity index (χ1) is 11.1. The van der Waals surface area contributed by atoms with E-state index in [1.807, 2.05) is 0 Å². The lowest BCUT2D eigenvalue weighted by atomic mass is 10.0. The molecule has 0 bridgehead atoms. The van der Waals surface area contributed by atoms with E-state index in [4.69, 9.17) is 4.74 Å². The number of hydrogen-bond donors (Lipinski definition) is 2. The Balaban J connectivity index is 2.75.